The number of hydrogen-bond donors (Lipinski definition) is 2. The monoisotopic (exact) mass is 342 g/mol. The maximum absolute atomic E-state index is 9.55. The van der Waals surface area contributed by atoms with Crippen LogP contribution in [0.2, 0.25) is 0 Å². The van der Waals surface area contributed by atoms with Crippen LogP contribution < -0.4 is 10.9 Å². The van der Waals surface area contributed by atoms with Crippen molar-refractivity contribution in [2.24, 2.45) is 5.84 Å². The number of alkyl halides is 1. The Morgan fingerprint density at radius 1 is 1.08 bits per heavy atom. The highest BCUT2D eigenvalue weighted by atomic mass is 35.5. The van der Waals surface area contributed by atoms with E-state index in [2.05, 4.69) is 6.08 Å². The molecule has 4 heteroatoms. The summed E-state index contributed by atoms with van der Waals surface area (Å²) in [6, 6.07) is 19.8. The first kappa shape index (κ1) is 18.3. The van der Waals surface area contributed by atoms with E-state index in [1.54, 1.807) is 5.01 Å². The number of nitrogens with two attached hydrogens (primary N) is 1. The van der Waals surface area contributed by atoms with Gasteiger partial charge >= 0.3 is 0 Å². The molecule has 0 aliphatic carbocycles. The molecule has 0 fully saturated rings. The van der Waals surface area contributed by atoms with Crippen LogP contribution in [0, 0.1) is 0 Å². The molecule has 0 heterocycles. The van der Waals surface area contributed by atoms with Crippen LogP contribution >= 0.6 is 11.6 Å². The van der Waals surface area contributed by atoms with Gasteiger partial charge in [-0.1, -0.05) is 60.1 Å². The lowest BCUT2D eigenvalue weighted by Crippen LogP contribution is -2.31. The molecule has 2 aromatic rings. The third-order valence-electron chi connectivity index (χ3n) is 3.71. The van der Waals surface area contributed by atoms with E-state index in [1.165, 1.54) is 0 Å². The van der Waals surface area contributed by atoms with Crippen molar-refractivity contribution in [3.05, 3.63) is 83.1 Å². The molecule has 0 aliphatic heterocycles. The highest BCUT2D eigenvalue weighted by molar-refractivity contribution is 6.19. The molecule has 3 N–H and O–H groups in total. The van der Waals surface area contributed by atoms with E-state index in [-0.39, 0.29) is 0 Å². The van der Waals surface area contributed by atoms with Crippen LogP contribution in [0.15, 0.2) is 77.5 Å². The van der Waals surface area contributed by atoms with Gasteiger partial charge in [-0.15, -0.1) is 0 Å². The van der Waals surface area contributed by atoms with E-state index in [9.17, 15) is 5.11 Å². The molecule has 0 aromatic heterocycles. The van der Waals surface area contributed by atoms with Crippen LogP contribution in [-0.4, -0.2) is 10.7 Å². The van der Waals surface area contributed by atoms with Gasteiger partial charge in [-0.3, -0.25) is 5.01 Å². The number of hydrazine groups is 1. The summed E-state index contributed by atoms with van der Waals surface area (Å²) < 4.78 is 0. The van der Waals surface area contributed by atoms with E-state index >= 15 is 0 Å². The predicted octanol–water partition coefficient (Wildman–Crippen LogP) is 4.69. The zero-order valence-electron chi connectivity index (χ0n) is 14.0. The number of allylic oxidation sites excluding steroid dienone is 1. The van der Waals surface area contributed by atoms with E-state index in [1.807, 2.05) is 74.5 Å². The first-order chi connectivity index (χ1) is 11.5. The minimum absolute atomic E-state index is 0.345. The van der Waals surface area contributed by atoms with Crippen molar-refractivity contribution in [2.45, 2.75) is 25.8 Å². The number of anilines is 1. The fraction of sp³-hybridized carbons (Fsp3) is 0.200. The van der Waals surface area contributed by atoms with Crippen LogP contribution in [0.1, 0.15) is 25.8 Å². The van der Waals surface area contributed by atoms with Crippen LogP contribution in [0.5, 0.6) is 0 Å². The smallest absolute Gasteiger partial charge is 0.131 e. The Bertz CT molecular complexity index is 709. The molecule has 2 rings (SSSR count). The van der Waals surface area contributed by atoms with Crippen molar-refractivity contribution in [1.29, 1.82) is 0 Å². The Labute approximate surface area is 148 Å². The maximum atomic E-state index is 9.55. The fourth-order valence-electron chi connectivity index (χ4n) is 2.67. The normalized spacial score (nSPS) is 14.1. The summed E-state index contributed by atoms with van der Waals surface area (Å²) in [6.07, 6.45) is 2.42. The van der Waals surface area contributed by atoms with Crippen LogP contribution in [0.25, 0.3) is 6.08 Å². The van der Waals surface area contributed by atoms with Gasteiger partial charge in [0, 0.05) is 6.42 Å². The van der Waals surface area contributed by atoms with Crippen molar-refractivity contribution in [2.75, 3.05) is 5.01 Å². The lowest BCUT2D eigenvalue weighted by Gasteiger charge is -2.26. The number of hydrogen-bond acceptors (Lipinski definition) is 3. The molecule has 3 nitrogen and oxygen atoms in total. The molecule has 24 heavy (non-hydrogen) atoms. The second kappa shape index (κ2) is 8.69. The van der Waals surface area contributed by atoms with Crippen LogP contribution in [0.4, 0.5) is 5.69 Å². The van der Waals surface area contributed by atoms with E-state index in [0.29, 0.717) is 6.42 Å². The first-order valence-corrected chi connectivity index (χ1v) is 8.28. The van der Waals surface area contributed by atoms with E-state index < -0.39 is 5.56 Å². The molecule has 0 spiro atoms. The average Bonchev–Trinajstić information content (AvgIpc) is 2.56. The first-order valence-electron chi connectivity index (χ1n) is 7.84. The summed E-state index contributed by atoms with van der Waals surface area (Å²) in [7, 11) is 0. The molecule has 0 radical (unpaired) electrons. The van der Waals surface area contributed by atoms with Gasteiger partial charge in [0.05, 0.1) is 11.4 Å². The quantitative estimate of drug-likeness (QED) is 0.346. The zero-order chi connectivity index (χ0) is 17.5. The van der Waals surface area contributed by atoms with Gasteiger partial charge in [0.15, 0.2) is 0 Å². The summed E-state index contributed by atoms with van der Waals surface area (Å²) in [4.78, 5) is 0. The Balaban J connectivity index is 2.45. The molecule has 1 atom stereocenters. The van der Waals surface area contributed by atoms with Crippen molar-refractivity contribution in [3.8, 4) is 0 Å². The summed E-state index contributed by atoms with van der Waals surface area (Å²) in [5.41, 5.74) is 3.80. The topological polar surface area (TPSA) is 49.5 Å². The largest absolute Gasteiger partial charge is 0.377 e. The highest BCUT2D eigenvalue weighted by Gasteiger charge is 2.15. The summed E-state index contributed by atoms with van der Waals surface area (Å²) >= 11 is 5.77. The second-order valence-electron chi connectivity index (χ2n) is 5.71. The number of rotatable bonds is 6. The molecule has 126 valence electrons. The standard InChI is InChI=1S/C20H23ClN2O/c1-15(13-17-9-5-3-6-10-17)20(16(2)14-19(21)24)23(22)18-11-7-4-8-12-18/h3-13,19,24H,14,22H2,1-2H3/b15-13+,20-16-. The predicted molar refractivity (Wildman–Crippen MR) is 102 cm³/mol. The molecule has 2 aromatic carbocycles. The Morgan fingerprint density at radius 3 is 2.17 bits per heavy atom. The Morgan fingerprint density at radius 2 is 1.62 bits per heavy atom. The maximum Gasteiger partial charge on any atom is 0.131 e. The molecule has 0 saturated carbocycles. The van der Waals surface area contributed by atoms with Crippen molar-refractivity contribution in [1.82, 2.24) is 0 Å². The van der Waals surface area contributed by atoms with Gasteiger partial charge in [-0.05, 0) is 48.8 Å². The molecule has 0 aliphatic rings. The van der Waals surface area contributed by atoms with Crippen LogP contribution in [-0.2, 0) is 0 Å². The van der Waals surface area contributed by atoms with E-state index in [0.717, 1.165) is 28.1 Å². The lowest BCUT2D eigenvalue weighted by molar-refractivity contribution is 0.256. The number of aliphatic hydroxyl groups excluding tert-OH is 1. The Kier molecular flexibility index (Phi) is 6.62. The molecular formula is C20H23ClN2O. The number of nitrogens with zero attached hydrogens (tertiary/aromatic N) is 1. The fourth-order valence-corrected chi connectivity index (χ4v) is 2.90. The summed E-state index contributed by atoms with van der Waals surface area (Å²) in [5, 5.41) is 11.2. The van der Waals surface area contributed by atoms with Crippen LogP contribution in [0.3, 0.4) is 0 Å². The minimum Gasteiger partial charge on any atom is -0.377 e. The highest BCUT2D eigenvalue weighted by Crippen LogP contribution is 2.27. The Hall–Kier alpha value is -2.07. The molecular weight excluding hydrogens is 320 g/mol. The van der Waals surface area contributed by atoms with Gasteiger partial charge in [-0.2, -0.15) is 0 Å². The minimum atomic E-state index is -0.936. The van der Waals surface area contributed by atoms with Gasteiger partial charge in [-0.25, -0.2) is 5.84 Å². The number of aliphatic hydroxyl groups is 1. The van der Waals surface area contributed by atoms with Crippen molar-refractivity contribution >= 4 is 23.4 Å². The zero-order valence-corrected chi connectivity index (χ0v) is 14.7. The number of halogens is 1. The van der Waals surface area contributed by atoms with Gasteiger partial charge in [0.1, 0.15) is 5.56 Å². The number of benzene rings is 2. The van der Waals surface area contributed by atoms with Gasteiger partial charge in [0.25, 0.3) is 0 Å². The number of para-hydroxylation sites is 1. The third-order valence-corrected chi connectivity index (χ3v) is 3.86. The third kappa shape index (κ3) is 4.96. The molecule has 0 amide bonds. The molecule has 0 saturated heterocycles. The lowest BCUT2D eigenvalue weighted by atomic mass is 10.0. The SMILES string of the molecule is C/C(CC(O)Cl)=C(\C(C)=C\c1ccccc1)N(N)c1ccccc1. The molecule has 0 bridgehead atoms. The molecule has 1 unspecified atom stereocenters. The van der Waals surface area contributed by atoms with E-state index in [4.69, 9.17) is 17.4 Å². The summed E-state index contributed by atoms with van der Waals surface area (Å²) in [5.74, 6) is 6.38. The average molecular weight is 343 g/mol. The summed E-state index contributed by atoms with van der Waals surface area (Å²) in [6.45, 7) is 3.95. The van der Waals surface area contributed by atoms with Crippen molar-refractivity contribution < 1.29 is 5.11 Å². The van der Waals surface area contributed by atoms with Gasteiger partial charge in [0.2, 0.25) is 0 Å². The van der Waals surface area contributed by atoms with Crippen molar-refractivity contribution in [3.63, 3.8) is 0 Å². The second-order valence-corrected chi connectivity index (χ2v) is 6.21. The van der Waals surface area contributed by atoms with Gasteiger partial charge < -0.3 is 5.11 Å².